The van der Waals surface area contributed by atoms with Crippen LogP contribution in [0.1, 0.15) is 114 Å². The largest absolute Gasteiger partial charge is 0.512 e. The summed E-state index contributed by atoms with van der Waals surface area (Å²) in [7, 11) is 0. The van der Waals surface area contributed by atoms with Gasteiger partial charge in [0.05, 0.1) is 1.37 Å². The first-order chi connectivity index (χ1) is 24.4. The van der Waals surface area contributed by atoms with Crippen LogP contribution in [-0.2, 0) is 37.7 Å². The molecule has 52 heavy (non-hydrogen) atoms. The number of carbonyl (C=O) groups is 1. The van der Waals surface area contributed by atoms with E-state index in [1.807, 2.05) is 52.4 Å². The molecule has 0 spiro atoms. The number of aliphatic hydroxyl groups is 1. The Hall–Kier alpha value is -2.98. The molecule has 5 heteroatoms. The second-order valence-corrected chi connectivity index (χ2v) is 18.1. The van der Waals surface area contributed by atoms with Crippen LogP contribution in [0.4, 0.5) is 0 Å². The molecule has 279 valence electrons. The molecule has 0 aliphatic carbocycles. The summed E-state index contributed by atoms with van der Waals surface area (Å²) >= 11 is 1.87. The molecule has 4 aromatic carbocycles. The number of aliphatic hydroxyl groups excluding tert-OH is 1. The summed E-state index contributed by atoms with van der Waals surface area (Å²) in [4.78, 5) is 19.2. The molecule has 0 fully saturated rings. The van der Waals surface area contributed by atoms with Crippen molar-refractivity contribution in [1.82, 2.24) is 4.98 Å². The fourth-order valence-corrected chi connectivity index (χ4v) is 8.49. The number of aromatic nitrogens is 1. The SMILES string of the molecule is CCC(CC)C(=O)/C=C(\O)C(C)(CC)CC.[2H]c1cc2c3c(cc4c(CC(C)(C)C)cccc42)Sc2c([c-]c4ccccc4c2CC(C)(C)C)-c3n1.[Ir]. The Morgan fingerprint density at radius 1 is 0.865 bits per heavy atom. The minimum atomic E-state index is -0.248. The Labute approximate surface area is 332 Å². The summed E-state index contributed by atoms with van der Waals surface area (Å²) in [5.74, 6) is 0.366. The van der Waals surface area contributed by atoms with Crippen LogP contribution in [-0.4, -0.2) is 15.9 Å². The quantitative estimate of drug-likeness (QED) is 0.0680. The summed E-state index contributed by atoms with van der Waals surface area (Å²) in [5, 5.41) is 17.2. The van der Waals surface area contributed by atoms with Gasteiger partial charge in [0, 0.05) is 54.3 Å². The second-order valence-electron chi connectivity index (χ2n) is 17.1. The van der Waals surface area contributed by atoms with E-state index in [1.54, 1.807) is 0 Å². The van der Waals surface area contributed by atoms with Gasteiger partial charge >= 0.3 is 0 Å². The summed E-state index contributed by atoms with van der Waals surface area (Å²) in [6, 6.07) is 23.3. The van der Waals surface area contributed by atoms with Gasteiger partial charge in [-0.3, -0.25) is 9.78 Å². The number of carbonyl (C=O) groups excluding carboxylic acids is 1. The number of ketones is 1. The zero-order valence-corrected chi connectivity index (χ0v) is 36.3. The molecule has 0 atom stereocenters. The molecular weight excluding hydrogens is 835 g/mol. The molecule has 1 aromatic heterocycles. The number of fused-ring (bicyclic) bond motifs is 5. The molecule has 3 nitrogen and oxygen atoms in total. The molecule has 1 N–H and O–H groups in total. The van der Waals surface area contributed by atoms with Crippen molar-refractivity contribution in [2.45, 2.75) is 124 Å². The van der Waals surface area contributed by atoms with E-state index >= 15 is 0 Å². The van der Waals surface area contributed by atoms with Crippen LogP contribution in [0.25, 0.3) is 43.6 Å². The number of hydrogen-bond acceptors (Lipinski definition) is 4. The van der Waals surface area contributed by atoms with E-state index in [-0.39, 0.29) is 53.8 Å². The first kappa shape index (κ1) is 40.2. The topological polar surface area (TPSA) is 50.2 Å². The Kier molecular flexibility index (Phi) is 12.8. The maximum absolute atomic E-state index is 11.9. The van der Waals surface area contributed by atoms with E-state index in [0.717, 1.165) is 65.9 Å². The Bertz CT molecular complexity index is 2150. The third-order valence-corrected chi connectivity index (χ3v) is 11.8. The van der Waals surface area contributed by atoms with Crippen LogP contribution in [0, 0.1) is 28.2 Å². The fourth-order valence-electron chi connectivity index (χ4n) is 7.23. The molecule has 2 heterocycles. The number of nitrogens with zero attached hydrogens (tertiary/aromatic N) is 1. The van der Waals surface area contributed by atoms with Gasteiger partial charge in [0.25, 0.3) is 0 Å². The summed E-state index contributed by atoms with van der Waals surface area (Å²) in [5.41, 5.74) is 4.78. The van der Waals surface area contributed by atoms with Gasteiger partial charge in [-0.15, -0.1) is 29.3 Å². The van der Waals surface area contributed by atoms with Gasteiger partial charge < -0.3 is 5.11 Å². The van der Waals surface area contributed by atoms with Gasteiger partial charge in [0.15, 0.2) is 5.78 Å². The molecule has 1 radical (unpaired) electrons. The van der Waals surface area contributed by atoms with Crippen LogP contribution in [0.3, 0.4) is 0 Å². The van der Waals surface area contributed by atoms with Crippen LogP contribution in [0.15, 0.2) is 82.4 Å². The molecule has 1 aliphatic heterocycles. The van der Waals surface area contributed by atoms with Crippen LogP contribution < -0.4 is 0 Å². The van der Waals surface area contributed by atoms with Crippen molar-refractivity contribution in [1.29, 1.82) is 0 Å². The van der Waals surface area contributed by atoms with Gasteiger partial charge in [-0.1, -0.05) is 129 Å². The number of allylic oxidation sites excluding steroid dienone is 2. The molecule has 5 aromatic rings. The number of benzene rings is 4. The Balaban J connectivity index is 0.000000316. The molecular formula is C47H58IrNO2S-. The summed E-state index contributed by atoms with van der Waals surface area (Å²) in [6.45, 7) is 23.9. The van der Waals surface area contributed by atoms with E-state index in [1.165, 1.54) is 43.2 Å². The number of hydrogen-bond donors (Lipinski definition) is 1. The van der Waals surface area contributed by atoms with Gasteiger partial charge in [-0.25, -0.2) is 0 Å². The van der Waals surface area contributed by atoms with Crippen molar-refractivity contribution in [3.05, 3.63) is 89.8 Å². The molecule has 0 bridgehead atoms. The summed E-state index contributed by atoms with van der Waals surface area (Å²) in [6.07, 6.45) is 7.13. The molecule has 0 saturated carbocycles. The molecule has 0 saturated heterocycles. The molecule has 1 aliphatic rings. The minimum Gasteiger partial charge on any atom is -0.512 e. The van der Waals surface area contributed by atoms with Gasteiger partial charge in [0.1, 0.15) is 5.76 Å². The van der Waals surface area contributed by atoms with Crippen molar-refractivity contribution in [2.24, 2.45) is 22.2 Å². The molecule has 6 rings (SSSR count). The number of pyridine rings is 1. The van der Waals surface area contributed by atoms with E-state index in [4.69, 9.17) is 6.35 Å². The van der Waals surface area contributed by atoms with Crippen LogP contribution in [0.2, 0.25) is 0 Å². The Morgan fingerprint density at radius 3 is 2.12 bits per heavy atom. The Morgan fingerprint density at radius 2 is 1.50 bits per heavy atom. The van der Waals surface area contributed by atoms with Gasteiger partial charge in [-0.05, 0) is 93.5 Å². The number of rotatable bonds is 9. The third-order valence-electron chi connectivity index (χ3n) is 10.6. The first-order valence-electron chi connectivity index (χ1n) is 19.4. The van der Waals surface area contributed by atoms with Crippen LogP contribution >= 0.6 is 11.8 Å². The van der Waals surface area contributed by atoms with Gasteiger partial charge in [0.2, 0.25) is 0 Å². The van der Waals surface area contributed by atoms with Crippen molar-refractivity contribution < 1.29 is 31.4 Å². The zero-order chi connectivity index (χ0) is 38.2. The maximum atomic E-state index is 11.9. The maximum Gasteiger partial charge on any atom is 0.162 e. The normalized spacial score (nSPS) is 13.5. The van der Waals surface area contributed by atoms with Crippen molar-refractivity contribution >= 4 is 49.9 Å². The van der Waals surface area contributed by atoms with E-state index in [2.05, 4.69) is 96.1 Å². The van der Waals surface area contributed by atoms with E-state index in [9.17, 15) is 9.90 Å². The second kappa shape index (κ2) is 16.6. The van der Waals surface area contributed by atoms with E-state index in [0.29, 0.717) is 6.17 Å². The average Bonchev–Trinajstić information content (AvgIpc) is 3.08. The fraction of sp³-hybridized carbons (Fsp3) is 0.447. The van der Waals surface area contributed by atoms with Crippen molar-refractivity contribution in [3.8, 4) is 11.3 Å². The minimum absolute atomic E-state index is 0. The predicted octanol–water partition coefficient (Wildman–Crippen LogP) is 13.9. The smallest absolute Gasteiger partial charge is 0.162 e. The van der Waals surface area contributed by atoms with Crippen molar-refractivity contribution in [3.63, 3.8) is 0 Å². The standard InChI is InChI=1S/C33H32NS.C14H26O2.Ir/c1-32(2,3)18-21-11-9-13-23-24-14-15-34-30-26-16-20-10-7-8-12-22(20)27(19-33(4,5)6)31(26)35-28(29(24)30)17-25(21)23;1-6-11(7-2)12(15)10-13(16)14(5,8-3)9-4;/h7-15,17H,18-19H2,1-6H3;10-11,16H,6-9H2,1-5H3;/q-1;;/b;13-10-;/i15D;;. The van der Waals surface area contributed by atoms with Crippen molar-refractivity contribution in [2.75, 3.05) is 0 Å². The zero-order valence-electron chi connectivity index (χ0n) is 34.1. The predicted molar refractivity (Wildman–Crippen MR) is 220 cm³/mol. The summed E-state index contributed by atoms with van der Waals surface area (Å²) < 4.78 is 8.66. The first-order valence-corrected chi connectivity index (χ1v) is 19.7. The van der Waals surface area contributed by atoms with Gasteiger partial charge in [-0.2, -0.15) is 0 Å². The van der Waals surface area contributed by atoms with Crippen LogP contribution in [0.5, 0.6) is 0 Å². The molecule has 0 amide bonds. The third kappa shape index (κ3) is 8.86. The van der Waals surface area contributed by atoms with E-state index < -0.39 is 0 Å². The average molecular weight is 894 g/mol. The monoisotopic (exact) mass is 894 g/mol. The molecule has 0 unspecified atom stereocenters.